The van der Waals surface area contributed by atoms with Crippen LogP contribution in [0.15, 0.2) is 18.2 Å². The Kier molecular flexibility index (Phi) is 5.06. The summed E-state index contributed by atoms with van der Waals surface area (Å²) in [4.78, 5) is 49.7. The van der Waals surface area contributed by atoms with Crippen LogP contribution in [-0.4, -0.2) is 52.4 Å². The Bertz CT molecular complexity index is 816. The highest BCUT2D eigenvalue weighted by Gasteiger charge is 2.41. The molecule has 3 rings (SSSR count). The maximum absolute atomic E-state index is 13.9. The minimum atomic E-state index is -1.08. The fourth-order valence-corrected chi connectivity index (χ4v) is 3.35. The number of anilines is 1. The summed E-state index contributed by atoms with van der Waals surface area (Å²) in [5.41, 5.74) is -0.377. The number of nitrogens with one attached hydrogen (secondary N) is 1. The Balaban J connectivity index is 1.65. The third-order valence-electron chi connectivity index (χ3n) is 4.67. The number of likely N-dealkylation sites (tertiary alicyclic amines) is 1. The molecule has 0 radical (unpaired) electrons. The van der Waals surface area contributed by atoms with E-state index < -0.39 is 47.5 Å². The first-order valence-corrected chi connectivity index (χ1v) is 8.41. The van der Waals surface area contributed by atoms with Gasteiger partial charge in [0, 0.05) is 19.0 Å². The molecule has 27 heavy (non-hydrogen) atoms. The summed E-state index contributed by atoms with van der Waals surface area (Å²) in [5.74, 6) is -4.16. The zero-order chi connectivity index (χ0) is 19.7. The third kappa shape index (κ3) is 3.60. The zero-order valence-corrected chi connectivity index (χ0v) is 14.2. The summed E-state index contributed by atoms with van der Waals surface area (Å²) in [6, 6.07) is -0.320. The van der Waals surface area contributed by atoms with E-state index in [1.165, 1.54) is 4.90 Å². The van der Waals surface area contributed by atoms with Crippen LogP contribution >= 0.6 is 0 Å². The quantitative estimate of drug-likeness (QED) is 0.747. The molecule has 144 valence electrons. The lowest BCUT2D eigenvalue weighted by Gasteiger charge is -2.21. The minimum Gasteiger partial charge on any atom is -0.480 e. The first-order chi connectivity index (χ1) is 12.8. The van der Waals surface area contributed by atoms with Gasteiger partial charge in [0.15, 0.2) is 0 Å². The van der Waals surface area contributed by atoms with Crippen LogP contribution in [0.1, 0.15) is 25.7 Å². The number of carbonyl (C=O) groups excluding carboxylic acids is 3. The van der Waals surface area contributed by atoms with Crippen LogP contribution < -0.4 is 10.2 Å². The van der Waals surface area contributed by atoms with Crippen molar-refractivity contribution >= 4 is 29.5 Å². The topological polar surface area (TPSA) is 107 Å². The summed E-state index contributed by atoms with van der Waals surface area (Å²) in [6.45, 7) is 0.327. The van der Waals surface area contributed by atoms with E-state index in [-0.39, 0.29) is 18.5 Å². The molecule has 4 amide bonds. The number of amides is 4. The first kappa shape index (κ1) is 18.7. The second kappa shape index (κ2) is 7.29. The molecule has 2 aliphatic heterocycles. The number of benzene rings is 1. The van der Waals surface area contributed by atoms with E-state index in [1.54, 1.807) is 0 Å². The molecule has 1 aromatic rings. The summed E-state index contributed by atoms with van der Waals surface area (Å²) in [7, 11) is 0. The molecule has 10 heteroatoms. The van der Waals surface area contributed by atoms with Crippen LogP contribution in [0, 0.1) is 11.6 Å². The highest BCUT2D eigenvalue weighted by atomic mass is 19.1. The van der Waals surface area contributed by atoms with E-state index >= 15 is 0 Å². The smallest absolute Gasteiger partial charge is 0.329 e. The van der Waals surface area contributed by atoms with Crippen molar-refractivity contribution in [1.82, 2.24) is 10.2 Å². The maximum atomic E-state index is 13.9. The van der Waals surface area contributed by atoms with Crippen LogP contribution in [0.4, 0.5) is 19.3 Å². The summed E-state index contributed by atoms with van der Waals surface area (Å²) >= 11 is 0. The van der Waals surface area contributed by atoms with E-state index in [0.29, 0.717) is 30.4 Å². The van der Waals surface area contributed by atoms with Crippen molar-refractivity contribution < 1.29 is 33.1 Å². The van der Waals surface area contributed by atoms with Gasteiger partial charge in [0.25, 0.3) is 5.91 Å². The van der Waals surface area contributed by atoms with Crippen LogP contribution in [0.2, 0.25) is 0 Å². The molecule has 2 atom stereocenters. The average Bonchev–Trinajstić information content (AvgIpc) is 3.19. The molecule has 8 nitrogen and oxygen atoms in total. The SMILES string of the molecule is O=C(O)[C@H]1CCCN1C(=O)CC[C@@H]1NC(=O)N(c2ccc(F)cc2F)C1=O. The fraction of sp³-hybridized carbons (Fsp3) is 0.412. The van der Waals surface area contributed by atoms with E-state index in [0.717, 1.165) is 12.1 Å². The van der Waals surface area contributed by atoms with Crippen LogP contribution in [0.5, 0.6) is 0 Å². The molecule has 2 N–H and O–H groups in total. The summed E-state index contributed by atoms with van der Waals surface area (Å²) in [6.07, 6.45) is 0.767. The Hall–Kier alpha value is -3.04. The highest BCUT2D eigenvalue weighted by molar-refractivity contribution is 6.21. The number of aliphatic carboxylic acids is 1. The van der Waals surface area contributed by atoms with Crippen molar-refractivity contribution in [1.29, 1.82) is 0 Å². The van der Waals surface area contributed by atoms with E-state index in [2.05, 4.69) is 5.32 Å². The van der Waals surface area contributed by atoms with Gasteiger partial charge >= 0.3 is 12.0 Å². The van der Waals surface area contributed by atoms with Gasteiger partial charge in [-0.1, -0.05) is 0 Å². The normalized spacial score (nSPS) is 22.3. The maximum Gasteiger partial charge on any atom is 0.329 e. The first-order valence-electron chi connectivity index (χ1n) is 8.41. The van der Waals surface area contributed by atoms with Crippen LogP contribution in [0.25, 0.3) is 0 Å². The van der Waals surface area contributed by atoms with Gasteiger partial charge in [-0.2, -0.15) is 0 Å². The monoisotopic (exact) mass is 381 g/mol. The van der Waals surface area contributed by atoms with Crippen molar-refractivity contribution in [2.24, 2.45) is 0 Å². The second-order valence-electron chi connectivity index (χ2n) is 6.39. The predicted molar refractivity (Wildman–Crippen MR) is 87.8 cm³/mol. The number of hydrogen-bond donors (Lipinski definition) is 2. The molecule has 2 aliphatic rings. The van der Waals surface area contributed by atoms with Gasteiger partial charge in [0.05, 0.1) is 5.69 Å². The Morgan fingerprint density at radius 3 is 2.67 bits per heavy atom. The molecule has 0 aromatic heterocycles. The predicted octanol–water partition coefficient (Wildman–Crippen LogP) is 1.25. The minimum absolute atomic E-state index is 0.0500. The molecule has 2 saturated heterocycles. The molecular weight excluding hydrogens is 364 g/mol. The number of imide groups is 1. The van der Waals surface area contributed by atoms with Crippen LogP contribution in [0.3, 0.4) is 0 Å². The van der Waals surface area contributed by atoms with Crippen molar-refractivity contribution in [3.8, 4) is 0 Å². The van der Waals surface area contributed by atoms with Gasteiger partial charge in [0.2, 0.25) is 5.91 Å². The lowest BCUT2D eigenvalue weighted by atomic mass is 10.1. The lowest BCUT2D eigenvalue weighted by molar-refractivity contribution is -0.148. The van der Waals surface area contributed by atoms with Crippen molar-refractivity contribution in [3.63, 3.8) is 0 Å². The standard InChI is InChI=1S/C17H17F2N3O5/c18-9-3-5-12(10(19)8-9)22-15(24)11(20-17(22)27)4-6-14(23)21-7-1-2-13(21)16(25)26/h3,5,8,11,13H,1-2,4,6-7H2,(H,20,27)(H,25,26)/t11-,13+/m0/s1. The molecule has 0 saturated carbocycles. The summed E-state index contributed by atoms with van der Waals surface area (Å²) < 4.78 is 26.9. The molecule has 0 unspecified atom stereocenters. The third-order valence-corrected chi connectivity index (χ3v) is 4.67. The number of urea groups is 1. The Labute approximate surface area is 152 Å². The van der Waals surface area contributed by atoms with Gasteiger partial charge in [-0.15, -0.1) is 0 Å². The van der Waals surface area contributed by atoms with Crippen molar-refractivity contribution in [2.45, 2.75) is 37.8 Å². The van der Waals surface area contributed by atoms with E-state index in [9.17, 15) is 28.0 Å². The highest BCUT2D eigenvalue weighted by Crippen LogP contribution is 2.25. The Morgan fingerprint density at radius 1 is 1.26 bits per heavy atom. The largest absolute Gasteiger partial charge is 0.480 e. The van der Waals surface area contributed by atoms with Crippen molar-refractivity contribution in [3.05, 3.63) is 29.8 Å². The number of carbonyl (C=O) groups is 4. The molecule has 2 fully saturated rings. The number of hydrogen-bond acceptors (Lipinski definition) is 4. The van der Waals surface area contributed by atoms with E-state index in [4.69, 9.17) is 5.11 Å². The lowest BCUT2D eigenvalue weighted by Crippen LogP contribution is -2.41. The van der Waals surface area contributed by atoms with Crippen LogP contribution in [-0.2, 0) is 14.4 Å². The van der Waals surface area contributed by atoms with Crippen molar-refractivity contribution in [2.75, 3.05) is 11.4 Å². The molecule has 2 heterocycles. The molecule has 1 aromatic carbocycles. The molecule has 0 spiro atoms. The Morgan fingerprint density at radius 2 is 2.00 bits per heavy atom. The number of nitrogens with zero attached hydrogens (tertiary/aromatic N) is 2. The van der Waals surface area contributed by atoms with E-state index in [1.807, 2.05) is 0 Å². The van der Waals surface area contributed by atoms with Gasteiger partial charge in [-0.3, -0.25) is 9.59 Å². The number of rotatable bonds is 5. The second-order valence-corrected chi connectivity index (χ2v) is 6.39. The number of carboxylic acid groups (broad SMARTS) is 1. The average molecular weight is 381 g/mol. The van der Waals surface area contributed by atoms with Gasteiger partial charge < -0.3 is 15.3 Å². The molecular formula is C17H17F2N3O5. The van der Waals surface area contributed by atoms with Gasteiger partial charge in [-0.25, -0.2) is 23.3 Å². The zero-order valence-electron chi connectivity index (χ0n) is 14.2. The molecule has 0 bridgehead atoms. The number of halogens is 2. The van der Waals surface area contributed by atoms with Gasteiger partial charge in [-0.05, 0) is 31.4 Å². The molecule has 0 aliphatic carbocycles. The van der Waals surface area contributed by atoms with Gasteiger partial charge in [0.1, 0.15) is 23.7 Å². The summed E-state index contributed by atoms with van der Waals surface area (Å²) in [5, 5.41) is 11.5. The fourth-order valence-electron chi connectivity index (χ4n) is 3.35. The number of carboxylic acids is 1.